The molecule has 0 bridgehead atoms. The first-order valence-electron chi connectivity index (χ1n) is 6.63. The number of thiazole rings is 1. The summed E-state index contributed by atoms with van der Waals surface area (Å²) < 4.78 is 5.21. The molecular formula is C16H11ClN2O3S. The van der Waals surface area contributed by atoms with Gasteiger partial charge in [0.2, 0.25) is 0 Å². The van der Waals surface area contributed by atoms with Crippen LogP contribution in [0.3, 0.4) is 0 Å². The fourth-order valence-corrected chi connectivity index (χ4v) is 3.12. The molecule has 0 atom stereocenters. The standard InChI is InChI=1S/C16H11ClN2O3S/c1-22-12-4-2-3-11(7-12)16-18-14(9-23-16)10-5-6-13(17)15(8-10)19(20)21/h2-9H,1H3. The number of ether oxygens (including phenoxy) is 1. The van der Waals surface area contributed by atoms with Gasteiger partial charge in [-0.25, -0.2) is 4.98 Å². The number of rotatable bonds is 4. The highest BCUT2D eigenvalue weighted by Gasteiger charge is 2.15. The number of hydrogen-bond donors (Lipinski definition) is 0. The Morgan fingerprint density at radius 3 is 2.78 bits per heavy atom. The summed E-state index contributed by atoms with van der Waals surface area (Å²) in [6.07, 6.45) is 0. The van der Waals surface area contributed by atoms with E-state index in [4.69, 9.17) is 16.3 Å². The molecule has 7 heteroatoms. The molecule has 1 heterocycles. The monoisotopic (exact) mass is 346 g/mol. The van der Waals surface area contributed by atoms with E-state index in [1.165, 1.54) is 23.5 Å². The number of methoxy groups -OCH3 is 1. The third kappa shape index (κ3) is 3.18. The van der Waals surface area contributed by atoms with E-state index >= 15 is 0 Å². The second kappa shape index (κ2) is 6.36. The Balaban J connectivity index is 1.99. The topological polar surface area (TPSA) is 65.3 Å². The van der Waals surface area contributed by atoms with Crippen molar-refractivity contribution in [2.45, 2.75) is 0 Å². The van der Waals surface area contributed by atoms with Crippen molar-refractivity contribution in [3.63, 3.8) is 0 Å². The summed E-state index contributed by atoms with van der Waals surface area (Å²) in [7, 11) is 1.61. The Morgan fingerprint density at radius 2 is 2.04 bits per heavy atom. The minimum absolute atomic E-state index is 0.113. The molecule has 23 heavy (non-hydrogen) atoms. The summed E-state index contributed by atoms with van der Waals surface area (Å²) in [5.41, 5.74) is 2.14. The first-order valence-corrected chi connectivity index (χ1v) is 7.88. The molecule has 5 nitrogen and oxygen atoms in total. The van der Waals surface area contributed by atoms with Crippen molar-refractivity contribution >= 4 is 28.6 Å². The van der Waals surface area contributed by atoms with Gasteiger partial charge < -0.3 is 4.74 Å². The molecule has 0 N–H and O–H groups in total. The largest absolute Gasteiger partial charge is 0.497 e. The summed E-state index contributed by atoms with van der Waals surface area (Å²) >= 11 is 7.31. The molecular weight excluding hydrogens is 336 g/mol. The van der Waals surface area contributed by atoms with E-state index in [2.05, 4.69) is 4.98 Å². The Bertz CT molecular complexity index is 879. The number of benzene rings is 2. The maximum atomic E-state index is 11.0. The van der Waals surface area contributed by atoms with Crippen molar-refractivity contribution in [2.24, 2.45) is 0 Å². The lowest BCUT2D eigenvalue weighted by Gasteiger charge is -2.01. The number of halogens is 1. The van der Waals surface area contributed by atoms with Crippen molar-refractivity contribution < 1.29 is 9.66 Å². The maximum absolute atomic E-state index is 11.0. The highest BCUT2D eigenvalue weighted by atomic mass is 35.5. The molecule has 116 valence electrons. The minimum Gasteiger partial charge on any atom is -0.497 e. The SMILES string of the molecule is COc1cccc(-c2nc(-c3ccc(Cl)c([N+](=O)[O-])c3)cs2)c1. The number of hydrogen-bond acceptors (Lipinski definition) is 5. The van der Waals surface area contributed by atoms with Gasteiger partial charge in [0, 0.05) is 22.6 Å². The second-order valence-corrected chi connectivity index (χ2v) is 5.96. The quantitative estimate of drug-likeness (QED) is 0.490. The van der Waals surface area contributed by atoms with Gasteiger partial charge in [0.15, 0.2) is 0 Å². The van der Waals surface area contributed by atoms with Crippen LogP contribution in [0.15, 0.2) is 47.8 Å². The van der Waals surface area contributed by atoms with Gasteiger partial charge >= 0.3 is 0 Å². The van der Waals surface area contributed by atoms with Crippen LogP contribution in [0.4, 0.5) is 5.69 Å². The Hall–Kier alpha value is -2.44. The van der Waals surface area contributed by atoms with Crippen LogP contribution in [0, 0.1) is 10.1 Å². The maximum Gasteiger partial charge on any atom is 0.288 e. The van der Waals surface area contributed by atoms with Crippen LogP contribution < -0.4 is 4.74 Å². The van der Waals surface area contributed by atoms with Crippen molar-refractivity contribution in [1.29, 1.82) is 0 Å². The van der Waals surface area contributed by atoms with Gasteiger partial charge in [-0.2, -0.15) is 0 Å². The third-order valence-corrected chi connectivity index (χ3v) is 4.47. The van der Waals surface area contributed by atoms with Gasteiger partial charge in [0.1, 0.15) is 15.8 Å². The molecule has 0 amide bonds. The van der Waals surface area contributed by atoms with Crippen LogP contribution in [0.25, 0.3) is 21.8 Å². The van der Waals surface area contributed by atoms with E-state index in [1.54, 1.807) is 13.2 Å². The molecule has 0 saturated heterocycles. The first-order chi connectivity index (χ1) is 11.1. The first kappa shape index (κ1) is 15.5. The van der Waals surface area contributed by atoms with E-state index in [9.17, 15) is 10.1 Å². The molecule has 1 aromatic heterocycles. The van der Waals surface area contributed by atoms with Crippen LogP contribution in [-0.2, 0) is 0 Å². The Labute approximate surface area is 141 Å². The summed E-state index contributed by atoms with van der Waals surface area (Å²) in [6, 6.07) is 12.3. The van der Waals surface area contributed by atoms with E-state index in [0.717, 1.165) is 16.3 Å². The minimum atomic E-state index is -0.499. The van der Waals surface area contributed by atoms with Gasteiger partial charge in [0.05, 0.1) is 17.7 Å². The fourth-order valence-electron chi connectivity index (χ4n) is 2.11. The van der Waals surface area contributed by atoms with Gasteiger partial charge in [0.25, 0.3) is 5.69 Å². The smallest absolute Gasteiger partial charge is 0.288 e. The summed E-state index contributed by atoms with van der Waals surface area (Å²) in [5.74, 6) is 0.751. The molecule has 0 saturated carbocycles. The van der Waals surface area contributed by atoms with Crippen LogP contribution in [0.1, 0.15) is 0 Å². The lowest BCUT2D eigenvalue weighted by molar-refractivity contribution is -0.384. The Morgan fingerprint density at radius 1 is 1.22 bits per heavy atom. The zero-order chi connectivity index (χ0) is 16.4. The van der Waals surface area contributed by atoms with E-state index in [-0.39, 0.29) is 10.7 Å². The van der Waals surface area contributed by atoms with E-state index < -0.39 is 4.92 Å². The van der Waals surface area contributed by atoms with Crippen molar-refractivity contribution in [3.8, 4) is 27.6 Å². The predicted octanol–water partition coefficient (Wildman–Crippen LogP) is 5.05. The number of aromatic nitrogens is 1. The molecule has 0 unspecified atom stereocenters. The number of nitro benzene ring substituents is 1. The summed E-state index contributed by atoms with van der Waals surface area (Å²) in [4.78, 5) is 15.0. The lowest BCUT2D eigenvalue weighted by atomic mass is 10.1. The molecule has 0 radical (unpaired) electrons. The highest BCUT2D eigenvalue weighted by Crippen LogP contribution is 2.34. The molecule has 0 spiro atoms. The average Bonchev–Trinajstić information content (AvgIpc) is 3.05. The van der Waals surface area contributed by atoms with Crippen LogP contribution >= 0.6 is 22.9 Å². The normalized spacial score (nSPS) is 10.5. The van der Waals surface area contributed by atoms with Gasteiger partial charge in [-0.1, -0.05) is 29.8 Å². The zero-order valence-electron chi connectivity index (χ0n) is 12.0. The fraction of sp³-hybridized carbons (Fsp3) is 0.0625. The van der Waals surface area contributed by atoms with Crippen LogP contribution in [0.2, 0.25) is 5.02 Å². The van der Waals surface area contributed by atoms with E-state index in [1.807, 2.05) is 29.6 Å². The van der Waals surface area contributed by atoms with Gasteiger partial charge in [-0.15, -0.1) is 11.3 Å². The Kier molecular flexibility index (Phi) is 4.27. The molecule has 0 fully saturated rings. The van der Waals surface area contributed by atoms with Crippen molar-refractivity contribution in [3.05, 3.63) is 63.0 Å². The zero-order valence-corrected chi connectivity index (χ0v) is 13.6. The van der Waals surface area contributed by atoms with Crippen LogP contribution in [0.5, 0.6) is 5.75 Å². The van der Waals surface area contributed by atoms with Crippen molar-refractivity contribution in [1.82, 2.24) is 4.98 Å². The molecule has 0 aliphatic rings. The van der Waals surface area contributed by atoms with Gasteiger partial charge in [-0.05, 0) is 18.2 Å². The second-order valence-electron chi connectivity index (χ2n) is 4.69. The predicted molar refractivity (Wildman–Crippen MR) is 91.2 cm³/mol. The molecule has 2 aromatic carbocycles. The van der Waals surface area contributed by atoms with Gasteiger partial charge in [-0.3, -0.25) is 10.1 Å². The summed E-state index contributed by atoms with van der Waals surface area (Å²) in [6.45, 7) is 0. The molecule has 0 aliphatic heterocycles. The lowest BCUT2D eigenvalue weighted by Crippen LogP contribution is -1.90. The third-order valence-electron chi connectivity index (χ3n) is 3.26. The average molecular weight is 347 g/mol. The molecule has 0 aliphatic carbocycles. The number of nitro groups is 1. The number of nitrogens with zero attached hydrogens (tertiary/aromatic N) is 2. The summed E-state index contributed by atoms with van der Waals surface area (Å²) in [5, 5.41) is 13.8. The van der Waals surface area contributed by atoms with E-state index in [0.29, 0.717) is 11.3 Å². The molecule has 3 aromatic rings. The molecule has 3 rings (SSSR count). The van der Waals surface area contributed by atoms with Crippen LogP contribution in [-0.4, -0.2) is 17.0 Å². The highest BCUT2D eigenvalue weighted by molar-refractivity contribution is 7.13. The van der Waals surface area contributed by atoms with Crippen molar-refractivity contribution in [2.75, 3.05) is 7.11 Å².